The second kappa shape index (κ2) is 6.42. The number of carbonyl (C=O) groups excluding carboxylic acids is 1. The molecule has 1 heterocycles. The molecule has 1 aromatic carbocycles. The molecule has 2 rings (SSSR count). The van der Waals surface area contributed by atoms with Crippen molar-refractivity contribution in [2.45, 2.75) is 19.8 Å². The molecule has 1 atom stereocenters. The number of benzene rings is 1. The lowest BCUT2D eigenvalue weighted by molar-refractivity contribution is 0.0682. The van der Waals surface area contributed by atoms with E-state index in [1.54, 1.807) is 7.11 Å². The van der Waals surface area contributed by atoms with Crippen LogP contribution >= 0.6 is 15.9 Å². The first-order chi connectivity index (χ1) is 9.15. The van der Waals surface area contributed by atoms with Gasteiger partial charge in [-0.2, -0.15) is 0 Å². The van der Waals surface area contributed by atoms with Crippen LogP contribution in [0.15, 0.2) is 18.2 Å². The van der Waals surface area contributed by atoms with E-state index in [0.717, 1.165) is 30.4 Å². The Kier molecular flexibility index (Phi) is 4.86. The Morgan fingerprint density at radius 3 is 3.00 bits per heavy atom. The summed E-state index contributed by atoms with van der Waals surface area (Å²) in [7, 11) is 1.61. The minimum Gasteiger partial charge on any atom is -0.496 e. The first-order valence-electron chi connectivity index (χ1n) is 6.65. The molecule has 0 bridgehead atoms. The van der Waals surface area contributed by atoms with Gasteiger partial charge in [-0.05, 0) is 37.8 Å². The number of hydrogen-bond donors (Lipinski definition) is 0. The highest BCUT2D eigenvalue weighted by molar-refractivity contribution is 9.09. The van der Waals surface area contributed by atoms with Crippen molar-refractivity contribution in [1.82, 2.24) is 4.90 Å². The molecule has 0 radical (unpaired) electrons. The van der Waals surface area contributed by atoms with E-state index in [-0.39, 0.29) is 5.91 Å². The molecule has 1 aromatic rings. The SMILES string of the molecule is COc1ccc(C)cc1C(=O)N1CCCC(CBr)C1. The van der Waals surface area contributed by atoms with Gasteiger partial charge in [0.25, 0.3) is 5.91 Å². The fourth-order valence-corrected chi connectivity index (χ4v) is 3.06. The summed E-state index contributed by atoms with van der Waals surface area (Å²) in [6.07, 6.45) is 2.27. The Morgan fingerprint density at radius 2 is 2.32 bits per heavy atom. The zero-order chi connectivity index (χ0) is 13.8. The maximum absolute atomic E-state index is 12.6. The summed E-state index contributed by atoms with van der Waals surface area (Å²) < 4.78 is 5.31. The Hall–Kier alpha value is -1.03. The number of amides is 1. The molecule has 1 unspecified atom stereocenters. The van der Waals surface area contributed by atoms with Crippen LogP contribution in [0.4, 0.5) is 0 Å². The van der Waals surface area contributed by atoms with E-state index in [1.165, 1.54) is 6.42 Å². The van der Waals surface area contributed by atoms with Crippen LogP contribution < -0.4 is 4.74 Å². The molecular formula is C15H20BrNO2. The van der Waals surface area contributed by atoms with Crippen LogP contribution in [0.2, 0.25) is 0 Å². The predicted octanol–water partition coefficient (Wildman–Crippen LogP) is 3.25. The van der Waals surface area contributed by atoms with Crippen LogP contribution in [-0.2, 0) is 0 Å². The average molecular weight is 326 g/mol. The molecule has 1 aliphatic rings. The van der Waals surface area contributed by atoms with Crippen molar-refractivity contribution in [1.29, 1.82) is 0 Å². The summed E-state index contributed by atoms with van der Waals surface area (Å²) in [6, 6.07) is 5.75. The molecule has 1 amide bonds. The molecule has 104 valence electrons. The summed E-state index contributed by atoms with van der Waals surface area (Å²) in [4.78, 5) is 14.6. The van der Waals surface area contributed by atoms with Crippen molar-refractivity contribution in [3.63, 3.8) is 0 Å². The van der Waals surface area contributed by atoms with Crippen LogP contribution in [0, 0.1) is 12.8 Å². The molecule has 19 heavy (non-hydrogen) atoms. The molecule has 3 nitrogen and oxygen atoms in total. The number of piperidine rings is 1. The lowest BCUT2D eigenvalue weighted by Gasteiger charge is -2.32. The first-order valence-corrected chi connectivity index (χ1v) is 7.77. The quantitative estimate of drug-likeness (QED) is 0.798. The number of methoxy groups -OCH3 is 1. The van der Waals surface area contributed by atoms with Crippen LogP contribution in [0.3, 0.4) is 0 Å². The Balaban J connectivity index is 2.21. The van der Waals surface area contributed by atoms with Gasteiger partial charge in [-0.25, -0.2) is 0 Å². The van der Waals surface area contributed by atoms with Crippen molar-refractivity contribution in [3.05, 3.63) is 29.3 Å². The van der Waals surface area contributed by atoms with Crippen molar-refractivity contribution >= 4 is 21.8 Å². The van der Waals surface area contributed by atoms with E-state index in [9.17, 15) is 4.79 Å². The van der Waals surface area contributed by atoms with E-state index >= 15 is 0 Å². The number of rotatable bonds is 3. The zero-order valence-corrected chi connectivity index (χ0v) is 13.1. The zero-order valence-electron chi connectivity index (χ0n) is 11.5. The van der Waals surface area contributed by atoms with Gasteiger partial charge in [0.2, 0.25) is 0 Å². The van der Waals surface area contributed by atoms with Gasteiger partial charge in [0.1, 0.15) is 5.75 Å². The lowest BCUT2D eigenvalue weighted by atomic mass is 9.99. The maximum Gasteiger partial charge on any atom is 0.257 e. The van der Waals surface area contributed by atoms with E-state index < -0.39 is 0 Å². The molecule has 0 spiro atoms. The molecule has 1 fully saturated rings. The third-order valence-corrected chi connectivity index (χ3v) is 4.53. The molecule has 4 heteroatoms. The smallest absolute Gasteiger partial charge is 0.257 e. The van der Waals surface area contributed by atoms with E-state index in [0.29, 0.717) is 17.2 Å². The Morgan fingerprint density at radius 1 is 1.53 bits per heavy atom. The number of likely N-dealkylation sites (tertiary alicyclic amines) is 1. The molecular weight excluding hydrogens is 306 g/mol. The van der Waals surface area contributed by atoms with Gasteiger partial charge in [-0.15, -0.1) is 0 Å². The van der Waals surface area contributed by atoms with Gasteiger partial charge in [-0.3, -0.25) is 4.79 Å². The van der Waals surface area contributed by atoms with Crippen molar-refractivity contribution in [3.8, 4) is 5.75 Å². The number of halogens is 1. The summed E-state index contributed by atoms with van der Waals surface area (Å²) in [6.45, 7) is 3.67. The standard InChI is InChI=1S/C15H20BrNO2/c1-11-5-6-14(19-2)13(8-11)15(18)17-7-3-4-12(9-16)10-17/h5-6,8,12H,3-4,7,9-10H2,1-2H3. The Bertz CT molecular complexity index is 461. The van der Waals surface area contributed by atoms with Crippen molar-refractivity contribution in [2.75, 3.05) is 25.5 Å². The number of ether oxygens (including phenoxy) is 1. The van der Waals surface area contributed by atoms with E-state index in [1.807, 2.05) is 30.0 Å². The number of carbonyl (C=O) groups is 1. The molecule has 0 aromatic heterocycles. The normalized spacial score (nSPS) is 19.3. The van der Waals surface area contributed by atoms with Gasteiger partial charge in [0.05, 0.1) is 12.7 Å². The molecule has 0 saturated carbocycles. The fraction of sp³-hybridized carbons (Fsp3) is 0.533. The first kappa shape index (κ1) is 14.4. The maximum atomic E-state index is 12.6. The molecule has 0 aliphatic carbocycles. The van der Waals surface area contributed by atoms with Crippen LogP contribution in [0.25, 0.3) is 0 Å². The highest BCUT2D eigenvalue weighted by Crippen LogP contribution is 2.25. The lowest BCUT2D eigenvalue weighted by Crippen LogP contribution is -2.40. The summed E-state index contributed by atoms with van der Waals surface area (Å²) in [5.41, 5.74) is 1.76. The van der Waals surface area contributed by atoms with Gasteiger partial charge >= 0.3 is 0 Å². The van der Waals surface area contributed by atoms with Crippen molar-refractivity contribution in [2.24, 2.45) is 5.92 Å². The highest BCUT2D eigenvalue weighted by Gasteiger charge is 2.25. The summed E-state index contributed by atoms with van der Waals surface area (Å²) >= 11 is 3.52. The minimum absolute atomic E-state index is 0.0891. The van der Waals surface area contributed by atoms with E-state index in [4.69, 9.17) is 4.74 Å². The van der Waals surface area contributed by atoms with E-state index in [2.05, 4.69) is 15.9 Å². The molecule has 1 aliphatic heterocycles. The van der Waals surface area contributed by atoms with Gasteiger partial charge < -0.3 is 9.64 Å². The topological polar surface area (TPSA) is 29.5 Å². The second-order valence-electron chi connectivity index (χ2n) is 5.12. The Labute approximate surface area is 123 Å². The monoisotopic (exact) mass is 325 g/mol. The van der Waals surface area contributed by atoms with Crippen LogP contribution in [0.1, 0.15) is 28.8 Å². The second-order valence-corrected chi connectivity index (χ2v) is 5.76. The number of alkyl halides is 1. The minimum atomic E-state index is 0.0891. The van der Waals surface area contributed by atoms with Gasteiger partial charge in [0, 0.05) is 18.4 Å². The number of hydrogen-bond acceptors (Lipinski definition) is 2. The predicted molar refractivity (Wildman–Crippen MR) is 80.2 cm³/mol. The van der Waals surface area contributed by atoms with Crippen LogP contribution in [-0.4, -0.2) is 36.3 Å². The van der Waals surface area contributed by atoms with Crippen LogP contribution in [0.5, 0.6) is 5.75 Å². The fourth-order valence-electron chi connectivity index (χ4n) is 2.53. The number of nitrogens with zero attached hydrogens (tertiary/aromatic N) is 1. The number of aryl methyl sites for hydroxylation is 1. The van der Waals surface area contributed by atoms with Gasteiger partial charge in [-0.1, -0.05) is 27.6 Å². The summed E-state index contributed by atoms with van der Waals surface area (Å²) in [5.74, 6) is 1.32. The summed E-state index contributed by atoms with van der Waals surface area (Å²) in [5, 5.41) is 0.960. The molecule has 1 saturated heterocycles. The van der Waals surface area contributed by atoms with Crippen molar-refractivity contribution < 1.29 is 9.53 Å². The highest BCUT2D eigenvalue weighted by atomic mass is 79.9. The third kappa shape index (κ3) is 3.30. The largest absolute Gasteiger partial charge is 0.496 e. The van der Waals surface area contributed by atoms with Gasteiger partial charge in [0.15, 0.2) is 0 Å². The third-order valence-electron chi connectivity index (χ3n) is 3.61. The average Bonchev–Trinajstić information content (AvgIpc) is 2.46. The molecule has 0 N–H and O–H groups in total.